The minimum absolute atomic E-state index is 0.173. The van der Waals surface area contributed by atoms with E-state index in [4.69, 9.17) is 11.6 Å². The first-order chi connectivity index (χ1) is 14.2. The molecule has 0 atom stereocenters. The number of carbonyl (C=O) groups is 2. The van der Waals surface area contributed by atoms with Crippen molar-refractivity contribution in [1.82, 2.24) is 15.1 Å². The van der Waals surface area contributed by atoms with Crippen LogP contribution in [0, 0.1) is 20.8 Å². The molecule has 0 aliphatic carbocycles. The maximum absolute atomic E-state index is 12.6. The van der Waals surface area contributed by atoms with Crippen molar-refractivity contribution >= 4 is 45.0 Å². The molecular weight excluding hydrogens is 468 g/mol. The van der Waals surface area contributed by atoms with Crippen LogP contribution in [0.4, 0.5) is 5.69 Å². The molecule has 6 nitrogen and oxygen atoms in total. The number of benzene rings is 2. The Balaban J connectivity index is 1.64. The standard InChI is InChI=1S/C22H22BrClN4O2/c1-13-4-6-16(7-5-13)12-28-21(24)20(15(3)27-28)22(30)25-11-19(29)26-18-9-8-17(23)10-14(18)2/h4-10H,11-12H2,1-3H3,(H,25,30)(H,26,29). The van der Waals surface area contributed by atoms with Crippen LogP contribution in [0.25, 0.3) is 0 Å². The molecule has 8 heteroatoms. The molecule has 3 rings (SSSR count). The summed E-state index contributed by atoms with van der Waals surface area (Å²) in [5.74, 6) is -0.759. The van der Waals surface area contributed by atoms with Crippen LogP contribution in [0.15, 0.2) is 46.9 Å². The maximum Gasteiger partial charge on any atom is 0.256 e. The SMILES string of the molecule is Cc1ccc(Cn2nc(C)c(C(=O)NCC(=O)Nc3ccc(Br)cc3C)c2Cl)cc1. The van der Waals surface area contributed by atoms with Crippen molar-refractivity contribution in [3.8, 4) is 0 Å². The van der Waals surface area contributed by atoms with Gasteiger partial charge in [0, 0.05) is 10.2 Å². The Bertz CT molecular complexity index is 1090. The van der Waals surface area contributed by atoms with E-state index in [1.807, 2.05) is 50.2 Å². The predicted molar refractivity (Wildman–Crippen MR) is 122 cm³/mol. The number of anilines is 1. The Hall–Kier alpha value is -2.64. The van der Waals surface area contributed by atoms with Crippen LogP contribution in [-0.4, -0.2) is 28.1 Å². The van der Waals surface area contributed by atoms with E-state index < -0.39 is 5.91 Å². The molecule has 2 amide bonds. The zero-order chi connectivity index (χ0) is 21.8. The zero-order valence-electron chi connectivity index (χ0n) is 16.9. The number of hydrogen-bond donors (Lipinski definition) is 2. The molecule has 0 saturated heterocycles. The summed E-state index contributed by atoms with van der Waals surface area (Å²) in [4.78, 5) is 24.9. The van der Waals surface area contributed by atoms with Gasteiger partial charge < -0.3 is 10.6 Å². The highest BCUT2D eigenvalue weighted by molar-refractivity contribution is 9.10. The summed E-state index contributed by atoms with van der Waals surface area (Å²) in [6.07, 6.45) is 0. The van der Waals surface area contributed by atoms with E-state index in [2.05, 4.69) is 31.7 Å². The van der Waals surface area contributed by atoms with Crippen LogP contribution in [0.2, 0.25) is 5.15 Å². The highest BCUT2D eigenvalue weighted by Crippen LogP contribution is 2.22. The van der Waals surface area contributed by atoms with Crippen LogP contribution in [0.1, 0.15) is 32.7 Å². The fourth-order valence-electron chi connectivity index (χ4n) is 2.99. The molecule has 0 aliphatic heterocycles. The van der Waals surface area contributed by atoms with Crippen LogP contribution in [0.3, 0.4) is 0 Å². The molecule has 0 spiro atoms. The summed E-state index contributed by atoms with van der Waals surface area (Å²) in [6, 6.07) is 13.6. The third-order valence-electron chi connectivity index (χ3n) is 4.62. The lowest BCUT2D eigenvalue weighted by molar-refractivity contribution is -0.115. The Morgan fingerprint density at radius 2 is 1.80 bits per heavy atom. The molecule has 0 aliphatic rings. The van der Waals surface area contributed by atoms with Gasteiger partial charge in [0.25, 0.3) is 5.91 Å². The fraction of sp³-hybridized carbons (Fsp3) is 0.227. The lowest BCUT2D eigenvalue weighted by Crippen LogP contribution is -2.33. The molecule has 0 bridgehead atoms. The van der Waals surface area contributed by atoms with Crippen molar-refractivity contribution in [2.75, 3.05) is 11.9 Å². The van der Waals surface area contributed by atoms with Crippen LogP contribution >= 0.6 is 27.5 Å². The monoisotopic (exact) mass is 488 g/mol. The number of nitrogens with zero attached hydrogens (tertiary/aromatic N) is 2. The van der Waals surface area contributed by atoms with Crippen molar-refractivity contribution in [2.45, 2.75) is 27.3 Å². The van der Waals surface area contributed by atoms with Gasteiger partial charge in [-0.1, -0.05) is 57.4 Å². The zero-order valence-corrected chi connectivity index (χ0v) is 19.3. The van der Waals surface area contributed by atoms with Gasteiger partial charge in [-0.25, -0.2) is 4.68 Å². The van der Waals surface area contributed by atoms with Gasteiger partial charge in [0.1, 0.15) is 5.15 Å². The van der Waals surface area contributed by atoms with Crippen molar-refractivity contribution < 1.29 is 9.59 Å². The molecule has 2 aromatic carbocycles. The summed E-state index contributed by atoms with van der Waals surface area (Å²) in [5, 5.41) is 10.0. The minimum atomic E-state index is -0.435. The number of nitrogens with one attached hydrogen (secondary N) is 2. The normalized spacial score (nSPS) is 10.7. The van der Waals surface area contributed by atoms with E-state index in [-0.39, 0.29) is 23.2 Å². The number of halogens is 2. The molecule has 156 valence electrons. The number of rotatable bonds is 6. The van der Waals surface area contributed by atoms with Crippen LogP contribution in [-0.2, 0) is 11.3 Å². The molecule has 2 N–H and O–H groups in total. The van der Waals surface area contributed by atoms with Crippen molar-refractivity contribution in [1.29, 1.82) is 0 Å². The smallest absolute Gasteiger partial charge is 0.256 e. The van der Waals surface area contributed by atoms with E-state index in [9.17, 15) is 9.59 Å². The van der Waals surface area contributed by atoms with E-state index >= 15 is 0 Å². The molecule has 0 fully saturated rings. The highest BCUT2D eigenvalue weighted by Gasteiger charge is 2.21. The molecule has 1 aromatic heterocycles. The second kappa shape index (κ2) is 9.45. The summed E-state index contributed by atoms with van der Waals surface area (Å²) in [6.45, 7) is 5.91. The van der Waals surface area contributed by atoms with E-state index in [0.29, 0.717) is 17.9 Å². The molecular formula is C22H22BrClN4O2. The van der Waals surface area contributed by atoms with Crippen molar-refractivity contribution in [3.05, 3.63) is 80.0 Å². The van der Waals surface area contributed by atoms with Gasteiger partial charge in [0.05, 0.1) is 24.3 Å². The Morgan fingerprint density at radius 3 is 2.47 bits per heavy atom. The molecule has 1 heterocycles. The molecule has 30 heavy (non-hydrogen) atoms. The highest BCUT2D eigenvalue weighted by atomic mass is 79.9. The number of aromatic nitrogens is 2. The Kier molecular flexibility index (Phi) is 6.95. The summed E-state index contributed by atoms with van der Waals surface area (Å²) in [7, 11) is 0. The fourth-order valence-corrected chi connectivity index (χ4v) is 3.79. The van der Waals surface area contributed by atoms with Gasteiger partial charge in [-0.3, -0.25) is 9.59 Å². The van der Waals surface area contributed by atoms with Crippen molar-refractivity contribution in [2.24, 2.45) is 0 Å². The quantitative estimate of drug-likeness (QED) is 0.529. The van der Waals surface area contributed by atoms with Gasteiger partial charge in [-0.2, -0.15) is 5.10 Å². The summed E-state index contributed by atoms with van der Waals surface area (Å²) in [5.41, 5.74) is 4.59. The Labute approximate surface area is 188 Å². The second-order valence-corrected chi connectivity index (χ2v) is 8.36. The summed E-state index contributed by atoms with van der Waals surface area (Å²) < 4.78 is 2.51. The molecule has 0 unspecified atom stereocenters. The topological polar surface area (TPSA) is 76.0 Å². The maximum atomic E-state index is 12.6. The average molecular weight is 490 g/mol. The van der Waals surface area contributed by atoms with E-state index in [1.165, 1.54) is 0 Å². The third kappa shape index (κ3) is 5.29. The van der Waals surface area contributed by atoms with E-state index in [0.717, 1.165) is 21.2 Å². The number of aryl methyl sites for hydroxylation is 3. The predicted octanol–water partition coefficient (Wildman–Crippen LogP) is 4.64. The van der Waals surface area contributed by atoms with Crippen LogP contribution in [0.5, 0.6) is 0 Å². The largest absolute Gasteiger partial charge is 0.343 e. The van der Waals surface area contributed by atoms with Crippen LogP contribution < -0.4 is 10.6 Å². The van der Waals surface area contributed by atoms with Gasteiger partial charge >= 0.3 is 0 Å². The first-order valence-corrected chi connectivity index (χ1v) is 10.5. The van der Waals surface area contributed by atoms with Gasteiger partial charge in [-0.05, 0) is 50.1 Å². The first kappa shape index (κ1) is 22.1. The van der Waals surface area contributed by atoms with Gasteiger partial charge in [0.15, 0.2) is 0 Å². The Morgan fingerprint density at radius 1 is 1.10 bits per heavy atom. The van der Waals surface area contributed by atoms with E-state index in [1.54, 1.807) is 17.7 Å². The minimum Gasteiger partial charge on any atom is -0.343 e. The molecule has 3 aromatic rings. The third-order valence-corrected chi connectivity index (χ3v) is 5.49. The lowest BCUT2D eigenvalue weighted by Gasteiger charge is -2.10. The average Bonchev–Trinajstić information content (AvgIpc) is 2.97. The van der Waals surface area contributed by atoms with Gasteiger partial charge in [0.2, 0.25) is 5.91 Å². The molecule has 0 saturated carbocycles. The second-order valence-electron chi connectivity index (χ2n) is 7.08. The number of amides is 2. The van der Waals surface area contributed by atoms with Gasteiger partial charge in [-0.15, -0.1) is 0 Å². The number of hydrogen-bond acceptors (Lipinski definition) is 3. The first-order valence-electron chi connectivity index (χ1n) is 9.37. The number of carbonyl (C=O) groups excluding carboxylic acids is 2. The lowest BCUT2D eigenvalue weighted by atomic mass is 10.1. The van der Waals surface area contributed by atoms with Crippen molar-refractivity contribution in [3.63, 3.8) is 0 Å². The summed E-state index contributed by atoms with van der Waals surface area (Å²) >= 11 is 9.81. The molecule has 0 radical (unpaired) electrons.